The SMILES string of the molecule is COC[C@H](C)Oc1ccc(O)c(C(=O)Nc2ccn(C)n2)c1. The fraction of sp³-hybridized carbons (Fsp3) is 0.333. The van der Waals surface area contributed by atoms with E-state index < -0.39 is 5.91 Å². The van der Waals surface area contributed by atoms with Crippen LogP contribution in [0, 0.1) is 0 Å². The van der Waals surface area contributed by atoms with Gasteiger partial charge in [-0.15, -0.1) is 0 Å². The van der Waals surface area contributed by atoms with Gasteiger partial charge in [-0.05, 0) is 25.1 Å². The van der Waals surface area contributed by atoms with E-state index in [1.54, 1.807) is 37.2 Å². The fourth-order valence-corrected chi connectivity index (χ4v) is 1.94. The van der Waals surface area contributed by atoms with Crippen LogP contribution in [0.4, 0.5) is 5.82 Å². The summed E-state index contributed by atoms with van der Waals surface area (Å²) >= 11 is 0. The molecule has 0 aliphatic carbocycles. The molecule has 2 rings (SSSR count). The van der Waals surface area contributed by atoms with Crippen LogP contribution in [0.2, 0.25) is 0 Å². The van der Waals surface area contributed by atoms with Gasteiger partial charge in [0.05, 0.1) is 12.2 Å². The number of carbonyl (C=O) groups excluding carboxylic acids is 1. The third kappa shape index (κ3) is 3.98. The number of benzene rings is 1. The van der Waals surface area contributed by atoms with Gasteiger partial charge >= 0.3 is 0 Å². The van der Waals surface area contributed by atoms with Crippen molar-refractivity contribution in [2.24, 2.45) is 7.05 Å². The third-order valence-corrected chi connectivity index (χ3v) is 2.91. The monoisotopic (exact) mass is 305 g/mol. The van der Waals surface area contributed by atoms with Crippen molar-refractivity contribution in [2.75, 3.05) is 19.0 Å². The topological polar surface area (TPSA) is 85.6 Å². The molecule has 0 bridgehead atoms. The molecule has 0 spiro atoms. The number of aryl methyl sites for hydroxylation is 1. The minimum atomic E-state index is -0.457. The largest absolute Gasteiger partial charge is 0.507 e. The number of nitrogens with one attached hydrogen (secondary N) is 1. The first-order valence-electron chi connectivity index (χ1n) is 6.79. The van der Waals surface area contributed by atoms with Gasteiger partial charge in [-0.2, -0.15) is 5.10 Å². The van der Waals surface area contributed by atoms with Crippen LogP contribution in [0.25, 0.3) is 0 Å². The van der Waals surface area contributed by atoms with E-state index in [0.717, 1.165) is 0 Å². The van der Waals surface area contributed by atoms with Crippen molar-refractivity contribution in [1.29, 1.82) is 0 Å². The van der Waals surface area contributed by atoms with Crippen LogP contribution in [0.1, 0.15) is 17.3 Å². The summed E-state index contributed by atoms with van der Waals surface area (Å²) in [6.07, 6.45) is 1.54. The lowest BCUT2D eigenvalue weighted by atomic mass is 10.1. The van der Waals surface area contributed by atoms with Gasteiger partial charge < -0.3 is 19.9 Å². The Morgan fingerprint density at radius 1 is 1.45 bits per heavy atom. The van der Waals surface area contributed by atoms with Crippen LogP contribution in [0.3, 0.4) is 0 Å². The van der Waals surface area contributed by atoms with E-state index in [2.05, 4.69) is 10.4 Å². The molecule has 0 unspecified atom stereocenters. The highest BCUT2D eigenvalue weighted by atomic mass is 16.5. The number of hydrogen-bond acceptors (Lipinski definition) is 5. The lowest BCUT2D eigenvalue weighted by molar-refractivity contribution is 0.0916. The second kappa shape index (κ2) is 6.95. The molecule has 7 nitrogen and oxygen atoms in total. The Labute approximate surface area is 128 Å². The van der Waals surface area contributed by atoms with E-state index in [9.17, 15) is 9.90 Å². The molecule has 0 aliphatic rings. The van der Waals surface area contributed by atoms with E-state index >= 15 is 0 Å². The fourth-order valence-electron chi connectivity index (χ4n) is 1.94. The molecule has 0 saturated carbocycles. The average Bonchev–Trinajstić information content (AvgIpc) is 2.86. The smallest absolute Gasteiger partial charge is 0.260 e. The minimum absolute atomic E-state index is 0.118. The molecule has 0 fully saturated rings. The quantitative estimate of drug-likeness (QED) is 0.850. The number of phenolic OH excluding ortho intramolecular Hbond substituents is 1. The molecule has 1 atom stereocenters. The normalized spacial score (nSPS) is 12.0. The van der Waals surface area contributed by atoms with Gasteiger partial charge in [-0.25, -0.2) is 0 Å². The lowest BCUT2D eigenvalue weighted by Crippen LogP contribution is -2.18. The Kier molecular flexibility index (Phi) is 5.00. The lowest BCUT2D eigenvalue weighted by Gasteiger charge is -2.14. The van der Waals surface area contributed by atoms with Crippen molar-refractivity contribution in [2.45, 2.75) is 13.0 Å². The molecule has 118 valence electrons. The number of phenols is 1. The van der Waals surface area contributed by atoms with E-state index in [1.807, 2.05) is 6.92 Å². The predicted octanol–water partition coefficient (Wildman–Crippen LogP) is 1.79. The van der Waals surface area contributed by atoms with E-state index in [1.165, 1.54) is 12.1 Å². The molecule has 2 aromatic rings. The maximum atomic E-state index is 12.2. The molecule has 1 amide bonds. The summed E-state index contributed by atoms with van der Waals surface area (Å²) in [5.74, 6) is 0.306. The Morgan fingerprint density at radius 2 is 2.23 bits per heavy atom. The van der Waals surface area contributed by atoms with Crippen molar-refractivity contribution in [3.05, 3.63) is 36.0 Å². The van der Waals surface area contributed by atoms with Gasteiger partial charge in [-0.1, -0.05) is 0 Å². The molecule has 22 heavy (non-hydrogen) atoms. The first-order valence-corrected chi connectivity index (χ1v) is 6.79. The molecule has 1 aromatic carbocycles. The highest BCUT2D eigenvalue weighted by Gasteiger charge is 2.15. The molecule has 7 heteroatoms. The second-order valence-corrected chi connectivity index (χ2v) is 4.89. The summed E-state index contributed by atoms with van der Waals surface area (Å²) in [4.78, 5) is 12.2. The van der Waals surface area contributed by atoms with Crippen LogP contribution in [0.15, 0.2) is 30.5 Å². The summed E-state index contributed by atoms with van der Waals surface area (Å²) in [5.41, 5.74) is 0.118. The molecule has 2 N–H and O–H groups in total. The zero-order valence-electron chi connectivity index (χ0n) is 12.7. The van der Waals surface area contributed by atoms with Gasteiger partial charge in [0.2, 0.25) is 0 Å². The van der Waals surface area contributed by atoms with Gasteiger partial charge in [-0.3, -0.25) is 9.48 Å². The van der Waals surface area contributed by atoms with Gasteiger partial charge in [0.1, 0.15) is 17.6 Å². The molecule has 0 radical (unpaired) electrons. The van der Waals surface area contributed by atoms with E-state index in [-0.39, 0.29) is 17.4 Å². The Morgan fingerprint density at radius 3 is 2.86 bits per heavy atom. The number of anilines is 1. The molecule has 0 saturated heterocycles. The maximum Gasteiger partial charge on any atom is 0.260 e. The van der Waals surface area contributed by atoms with Crippen molar-refractivity contribution < 1.29 is 19.4 Å². The second-order valence-electron chi connectivity index (χ2n) is 4.89. The summed E-state index contributed by atoms with van der Waals surface area (Å²) in [6.45, 7) is 2.28. The van der Waals surface area contributed by atoms with Crippen LogP contribution >= 0.6 is 0 Å². The number of nitrogens with zero attached hydrogens (tertiary/aromatic N) is 2. The third-order valence-electron chi connectivity index (χ3n) is 2.91. The first kappa shape index (κ1) is 15.8. The van der Waals surface area contributed by atoms with Crippen LogP contribution in [0.5, 0.6) is 11.5 Å². The van der Waals surface area contributed by atoms with Crippen molar-refractivity contribution in [3.8, 4) is 11.5 Å². The summed E-state index contributed by atoms with van der Waals surface area (Å²) in [7, 11) is 3.33. The number of amides is 1. The number of ether oxygens (including phenoxy) is 2. The summed E-state index contributed by atoms with van der Waals surface area (Å²) in [6, 6.07) is 6.16. The average molecular weight is 305 g/mol. The molecular formula is C15H19N3O4. The Balaban J connectivity index is 2.13. The van der Waals surface area contributed by atoms with Crippen molar-refractivity contribution in [1.82, 2.24) is 9.78 Å². The van der Waals surface area contributed by atoms with Crippen LogP contribution < -0.4 is 10.1 Å². The van der Waals surface area contributed by atoms with E-state index in [0.29, 0.717) is 18.2 Å². The number of carbonyl (C=O) groups is 1. The zero-order valence-corrected chi connectivity index (χ0v) is 12.7. The summed E-state index contributed by atoms with van der Waals surface area (Å²) in [5, 5.41) is 16.5. The first-order chi connectivity index (χ1) is 10.5. The predicted molar refractivity (Wildman–Crippen MR) is 81.2 cm³/mol. The summed E-state index contributed by atoms with van der Waals surface area (Å²) < 4.78 is 12.2. The number of rotatable bonds is 6. The number of aromatic hydroxyl groups is 1. The highest BCUT2D eigenvalue weighted by molar-refractivity contribution is 6.05. The molecule has 1 heterocycles. The Hall–Kier alpha value is -2.54. The van der Waals surface area contributed by atoms with E-state index in [4.69, 9.17) is 9.47 Å². The van der Waals surface area contributed by atoms with Crippen LogP contribution in [-0.4, -0.2) is 40.6 Å². The minimum Gasteiger partial charge on any atom is -0.507 e. The van der Waals surface area contributed by atoms with Crippen molar-refractivity contribution >= 4 is 11.7 Å². The number of aromatic nitrogens is 2. The molecular weight excluding hydrogens is 286 g/mol. The van der Waals surface area contributed by atoms with Crippen LogP contribution in [-0.2, 0) is 11.8 Å². The number of methoxy groups -OCH3 is 1. The van der Waals surface area contributed by atoms with Gasteiger partial charge in [0, 0.05) is 26.4 Å². The number of hydrogen-bond donors (Lipinski definition) is 2. The molecule has 0 aliphatic heterocycles. The standard InChI is InChI=1S/C15H19N3O4/c1-10(9-21-3)22-11-4-5-13(19)12(8-11)15(20)16-14-6-7-18(2)17-14/h4-8,10,19H,9H2,1-3H3,(H,16,17,20)/t10-/m0/s1. The van der Waals surface area contributed by atoms with Gasteiger partial charge in [0.15, 0.2) is 5.82 Å². The zero-order chi connectivity index (χ0) is 16.1. The maximum absolute atomic E-state index is 12.2. The van der Waals surface area contributed by atoms with Gasteiger partial charge in [0.25, 0.3) is 5.91 Å². The van der Waals surface area contributed by atoms with Crippen molar-refractivity contribution in [3.63, 3.8) is 0 Å². The Bertz CT molecular complexity index is 654. The molecule has 1 aromatic heterocycles. The highest BCUT2D eigenvalue weighted by Crippen LogP contribution is 2.24.